The summed E-state index contributed by atoms with van der Waals surface area (Å²) in [7, 11) is 0. The third-order valence-electron chi connectivity index (χ3n) is 4.73. The Morgan fingerprint density at radius 2 is 1.60 bits per heavy atom. The lowest BCUT2D eigenvalue weighted by atomic mass is 10.1. The number of benzene rings is 2. The van der Waals surface area contributed by atoms with E-state index in [2.05, 4.69) is 17.1 Å². The van der Waals surface area contributed by atoms with Crippen LogP contribution in [0.15, 0.2) is 73.1 Å². The molecule has 0 aliphatic rings. The Kier molecular flexibility index (Phi) is 8.73. The summed E-state index contributed by atoms with van der Waals surface area (Å²) in [6.07, 6.45) is 8.75. The van der Waals surface area contributed by atoms with Crippen molar-refractivity contribution in [3.05, 3.63) is 94.8 Å². The maximum absolute atomic E-state index is 11.9. The molecule has 0 saturated carbocycles. The fraction of sp³-hybridized carbons (Fsp3) is 0.280. The number of hydrogen-bond donors (Lipinski definition) is 0. The van der Waals surface area contributed by atoms with Gasteiger partial charge in [0.05, 0.1) is 12.2 Å². The average Bonchev–Trinajstić information content (AvgIpc) is 2.79. The van der Waals surface area contributed by atoms with E-state index in [1.165, 1.54) is 24.6 Å². The molecule has 0 bridgehead atoms. The van der Waals surface area contributed by atoms with E-state index >= 15 is 0 Å². The van der Waals surface area contributed by atoms with Crippen LogP contribution in [0.1, 0.15) is 47.2 Å². The number of hydrogen-bond acceptors (Lipinski definition) is 4. The van der Waals surface area contributed by atoms with E-state index in [-0.39, 0.29) is 12.6 Å². The number of ether oxygens (including phenoxy) is 2. The Labute approximate surface area is 182 Å². The molecule has 0 atom stereocenters. The summed E-state index contributed by atoms with van der Waals surface area (Å²) in [5.41, 5.74) is 2.70. The molecule has 0 amide bonds. The molecule has 0 unspecified atom stereocenters. The van der Waals surface area contributed by atoms with Crippen molar-refractivity contribution in [2.24, 2.45) is 0 Å². The van der Waals surface area contributed by atoms with Crippen LogP contribution >= 0.6 is 11.6 Å². The molecule has 1 heterocycles. The Morgan fingerprint density at radius 3 is 2.33 bits per heavy atom. The van der Waals surface area contributed by atoms with Crippen molar-refractivity contribution in [3.8, 4) is 5.75 Å². The second-order valence-electron chi connectivity index (χ2n) is 7.10. The van der Waals surface area contributed by atoms with Gasteiger partial charge in [-0.2, -0.15) is 0 Å². The largest absolute Gasteiger partial charge is 0.494 e. The molecule has 30 heavy (non-hydrogen) atoms. The van der Waals surface area contributed by atoms with E-state index in [4.69, 9.17) is 21.1 Å². The topological polar surface area (TPSA) is 48.4 Å². The first-order valence-corrected chi connectivity index (χ1v) is 10.6. The highest BCUT2D eigenvalue weighted by Crippen LogP contribution is 2.15. The van der Waals surface area contributed by atoms with Gasteiger partial charge in [-0.05, 0) is 66.8 Å². The van der Waals surface area contributed by atoms with Gasteiger partial charge in [0.2, 0.25) is 0 Å². The van der Waals surface area contributed by atoms with Gasteiger partial charge >= 0.3 is 5.97 Å². The highest BCUT2D eigenvalue weighted by molar-refractivity contribution is 6.30. The fourth-order valence-corrected chi connectivity index (χ4v) is 3.15. The first kappa shape index (κ1) is 21.8. The first-order chi connectivity index (χ1) is 14.7. The van der Waals surface area contributed by atoms with E-state index in [1.807, 2.05) is 36.4 Å². The number of carbonyl (C=O) groups excluding carboxylic acids is 1. The molecule has 0 aliphatic heterocycles. The van der Waals surface area contributed by atoms with Crippen molar-refractivity contribution in [3.63, 3.8) is 0 Å². The lowest BCUT2D eigenvalue weighted by Gasteiger charge is -2.08. The van der Waals surface area contributed by atoms with Crippen LogP contribution in [0.25, 0.3) is 0 Å². The van der Waals surface area contributed by atoms with Gasteiger partial charge < -0.3 is 9.47 Å². The molecule has 2 aromatic carbocycles. The smallest absolute Gasteiger partial charge is 0.340 e. The maximum Gasteiger partial charge on any atom is 0.340 e. The quantitative estimate of drug-likeness (QED) is 0.269. The van der Waals surface area contributed by atoms with E-state index in [1.54, 1.807) is 18.3 Å². The fourth-order valence-electron chi connectivity index (χ4n) is 3.02. The standard InChI is InChI=1S/C25H26ClNO3/c26-23-12-8-20(9-13-23)6-3-1-2-4-17-29-24-14-10-21(11-15-24)19-30-25(28)22-7-5-16-27-18-22/h5,7-16,18H,1-4,6,17,19H2. The molecule has 0 fully saturated rings. The summed E-state index contributed by atoms with van der Waals surface area (Å²) in [6, 6.07) is 19.1. The van der Waals surface area contributed by atoms with Crippen LogP contribution in [0.3, 0.4) is 0 Å². The number of esters is 1. The van der Waals surface area contributed by atoms with Crippen LogP contribution in [0.2, 0.25) is 5.02 Å². The van der Waals surface area contributed by atoms with Crippen molar-refractivity contribution < 1.29 is 14.3 Å². The molecule has 0 N–H and O–H groups in total. The van der Waals surface area contributed by atoms with Gasteiger partial charge in [-0.1, -0.05) is 48.7 Å². The minimum Gasteiger partial charge on any atom is -0.494 e. The van der Waals surface area contributed by atoms with E-state index in [0.29, 0.717) is 12.2 Å². The van der Waals surface area contributed by atoms with E-state index in [9.17, 15) is 4.79 Å². The second kappa shape index (κ2) is 12.0. The predicted octanol–water partition coefficient (Wildman–Crippen LogP) is 6.27. The first-order valence-electron chi connectivity index (χ1n) is 10.2. The zero-order valence-corrected chi connectivity index (χ0v) is 17.7. The van der Waals surface area contributed by atoms with Crippen LogP contribution in [0.5, 0.6) is 5.75 Å². The third kappa shape index (κ3) is 7.53. The number of nitrogens with zero attached hydrogens (tertiary/aromatic N) is 1. The number of aromatic nitrogens is 1. The van der Waals surface area contributed by atoms with Gasteiger partial charge in [0.1, 0.15) is 12.4 Å². The number of aryl methyl sites for hydroxylation is 1. The molecule has 156 valence electrons. The molecule has 0 saturated heterocycles. The number of pyridine rings is 1. The monoisotopic (exact) mass is 423 g/mol. The molecular formula is C25H26ClNO3. The van der Waals surface area contributed by atoms with Crippen molar-refractivity contribution >= 4 is 17.6 Å². The summed E-state index contributed by atoms with van der Waals surface area (Å²) < 4.78 is 11.1. The van der Waals surface area contributed by atoms with Crippen LogP contribution in [-0.4, -0.2) is 17.6 Å². The zero-order valence-electron chi connectivity index (χ0n) is 16.9. The Hall–Kier alpha value is -2.85. The van der Waals surface area contributed by atoms with E-state index in [0.717, 1.165) is 35.6 Å². The molecule has 0 radical (unpaired) electrons. The molecular weight excluding hydrogens is 398 g/mol. The van der Waals surface area contributed by atoms with E-state index < -0.39 is 0 Å². The van der Waals surface area contributed by atoms with Gasteiger partial charge in [-0.15, -0.1) is 0 Å². The Balaban J connectivity index is 1.27. The number of unbranched alkanes of at least 4 members (excludes halogenated alkanes) is 3. The molecule has 5 heteroatoms. The van der Waals surface area contributed by atoms with Crippen LogP contribution in [-0.2, 0) is 17.8 Å². The summed E-state index contributed by atoms with van der Waals surface area (Å²) in [4.78, 5) is 15.9. The number of carbonyl (C=O) groups is 1. The number of rotatable bonds is 11. The second-order valence-corrected chi connectivity index (χ2v) is 7.54. The molecule has 4 nitrogen and oxygen atoms in total. The minimum atomic E-state index is -0.375. The van der Waals surface area contributed by atoms with Crippen molar-refractivity contribution in [1.82, 2.24) is 4.98 Å². The summed E-state index contributed by atoms with van der Waals surface area (Å²) in [6.45, 7) is 0.928. The molecule has 0 spiro atoms. The van der Waals surface area contributed by atoms with Gasteiger partial charge in [0.25, 0.3) is 0 Å². The summed E-state index contributed by atoms with van der Waals surface area (Å²) in [5, 5.41) is 0.787. The predicted molar refractivity (Wildman–Crippen MR) is 119 cm³/mol. The van der Waals surface area contributed by atoms with Crippen molar-refractivity contribution in [1.29, 1.82) is 0 Å². The number of halogens is 1. The molecule has 0 aliphatic carbocycles. The van der Waals surface area contributed by atoms with Gasteiger partial charge in [0.15, 0.2) is 0 Å². The Bertz CT molecular complexity index is 896. The average molecular weight is 424 g/mol. The lowest BCUT2D eigenvalue weighted by Crippen LogP contribution is -2.05. The van der Waals surface area contributed by atoms with Crippen LogP contribution in [0.4, 0.5) is 0 Å². The van der Waals surface area contributed by atoms with Crippen LogP contribution < -0.4 is 4.74 Å². The summed E-state index contributed by atoms with van der Waals surface area (Å²) >= 11 is 5.90. The maximum atomic E-state index is 11.9. The summed E-state index contributed by atoms with van der Waals surface area (Å²) in [5.74, 6) is 0.456. The SMILES string of the molecule is O=C(OCc1ccc(OCCCCCCc2ccc(Cl)cc2)cc1)c1cccnc1. The molecule has 3 aromatic rings. The highest BCUT2D eigenvalue weighted by Gasteiger charge is 2.07. The molecule has 1 aromatic heterocycles. The lowest BCUT2D eigenvalue weighted by molar-refractivity contribution is 0.0472. The highest BCUT2D eigenvalue weighted by atomic mass is 35.5. The molecule has 3 rings (SSSR count). The zero-order chi connectivity index (χ0) is 21.0. The third-order valence-corrected chi connectivity index (χ3v) is 4.98. The van der Waals surface area contributed by atoms with Crippen LogP contribution in [0, 0.1) is 0 Å². The van der Waals surface area contributed by atoms with Gasteiger partial charge in [-0.25, -0.2) is 4.79 Å². The van der Waals surface area contributed by atoms with Gasteiger partial charge in [0, 0.05) is 17.4 Å². The minimum absolute atomic E-state index is 0.224. The van der Waals surface area contributed by atoms with Crippen molar-refractivity contribution in [2.45, 2.75) is 38.7 Å². The van der Waals surface area contributed by atoms with Gasteiger partial charge in [-0.3, -0.25) is 4.98 Å². The van der Waals surface area contributed by atoms with Crippen molar-refractivity contribution in [2.75, 3.05) is 6.61 Å². The Morgan fingerprint density at radius 1 is 0.867 bits per heavy atom. The normalized spacial score (nSPS) is 10.6.